The average Bonchev–Trinajstić information content (AvgIpc) is 2.78. The smallest absolute Gasteiger partial charge is 0.0613 e. The van der Waals surface area contributed by atoms with Gasteiger partial charge in [0.1, 0.15) is 0 Å². The van der Waals surface area contributed by atoms with Gasteiger partial charge in [-0.25, -0.2) is 0 Å². The van der Waals surface area contributed by atoms with Crippen LogP contribution in [-0.4, -0.2) is 24.2 Å². The highest BCUT2D eigenvalue weighted by molar-refractivity contribution is 5.02. The molecular formula is C13H20N2O. The molecule has 1 saturated heterocycles. The monoisotopic (exact) mass is 220 g/mol. The van der Waals surface area contributed by atoms with Crippen LogP contribution in [-0.2, 0) is 11.3 Å². The Morgan fingerprint density at radius 1 is 1.50 bits per heavy atom. The number of rotatable bonds is 5. The number of nitrogens with zero attached hydrogens (tertiary/aromatic N) is 1. The van der Waals surface area contributed by atoms with E-state index < -0.39 is 0 Å². The van der Waals surface area contributed by atoms with Crippen LogP contribution in [0.15, 0.2) is 24.4 Å². The Kier molecular flexibility index (Phi) is 4.31. The van der Waals surface area contributed by atoms with Gasteiger partial charge in [0.05, 0.1) is 11.8 Å². The molecule has 0 bridgehead atoms. The first-order valence-corrected chi connectivity index (χ1v) is 6.12. The predicted molar refractivity (Wildman–Crippen MR) is 64.1 cm³/mol. The maximum absolute atomic E-state index is 5.66. The SMILES string of the molecule is CCC1OCCC1CNCc1ccccn1. The first kappa shape index (κ1) is 11.6. The van der Waals surface area contributed by atoms with Crippen LogP contribution in [0.2, 0.25) is 0 Å². The number of pyridine rings is 1. The largest absolute Gasteiger partial charge is 0.378 e. The minimum Gasteiger partial charge on any atom is -0.378 e. The van der Waals surface area contributed by atoms with Crippen molar-refractivity contribution in [2.45, 2.75) is 32.4 Å². The third kappa shape index (κ3) is 3.03. The molecule has 3 heteroatoms. The maximum atomic E-state index is 5.66. The summed E-state index contributed by atoms with van der Waals surface area (Å²) in [5.41, 5.74) is 1.11. The van der Waals surface area contributed by atoms with E-state index in [1.807, 2.05) is 18.3 Å². The van der Waals surface area contributed by atoms with Crippen LogP contribution in [0.4, 0.5) is 0 Å². The van der Waals surface area contributed by atoms with Crippen molar-refractivity contribution in [3.8, 4) is 0 Å². The van der Waals surface area contributed by atoms with Crippen LogP contribution in [0.3, 0.4) is 0 Å². The molecule has 1 N–H and O–H groups in total. The summed E-state index contributed by atoms with van der Waals surface area (Å²) in [6, 6.07) is 6.02. The molecular weight excluding hydrogens is 200 g/mol. The second-order valence-corrected chi connectivity index (χ2v) is 4.32. The Hall–Kier alpha value is -0.930. The zero-order valence-corrected chi connectivity index (χ0v) is 9.86. The Morgan fingerprint density at radius 3 is 3.19 bits per heavy atom. The van der Waals surface area contributed by atoms with E-state index in [-0.39, 0.29) is 0 Å². The molecule has 0 spiro atoms. The quantitative estimate of drug-likeness (QED) is 0.824. The number of aromatic nitrogens is 1. The van der Waals surface area contributed by atoms with Gasteiger partial charge in [-0.1, -0.05) is 13.0 Å². The maximum Gasteiger partial charge on any atom is 0.0613 e. The molecule has 1 aliphatic heterocycles. The van der Waals surface area contributed by atoms with E-state index in [9.17, 15) is 0 Å². The topological polar surface area (TPSA) is 34.1 Å². The number of hydrogen-bond acceptors (Lipinski definition) is 3. The molecule has 1 aromatic rings. The molecule has 2 rings (SSSR count). The highest BCUT2D eigenvalue weighted by Crippen LogP contribution is 2.22. The van der Waals surface area contributed by atoms with Crippen LogP contribution < -0.4 is 5.32 Å². The van der Waals surface area contributed by atoms with E-state index in [2.05, 4.69) is 23.3 Å². The molecule has 1 fully saturated rings. The molecule has 16 heavy (non-hydrogen) atoms. The lowest BCUT2D eigenvalue weighted by molar-refractivity contribution is 0.0872. The normalized spacial score (nSPS) is 24.8. The molecule has 88 valence electrons. The minimum atomic E-state index is 0.455. The fourth-order valence-corrected chi connectivity index (χ4v) is 2.27. The Balaban J connectivity index is 1.72. The number of ether oxygens (including phenoxy) is 1. The van der Waals surface area contributed by atoms with E-state index in [1.54, 1.807) is 0 Å². The van der Waals surface area contributed by atoms with Gasteiger partial charge in [0.25, 0.3) is 0 Å². The lowest BCUT2D eigenvalue weighted by atomic mass is 10.00. The van der Waals surface area contributed by atoms with Gasteiger partial charge in [-0.3, -0.25) is 4.98 Å². The van der Waals surface area contributed by atoms with E-state index >= 15 is 0 Å². The third-order valence-corrected chi connectivity index (χ3v) is 3.19. The van der Waals surface area contributed by atoms with Crippen LogP contribution >= 0.6 is 0 Å². The number of nitrogens with one attached hydrogen (secondary N) is 1. The fourth-order valence-electron chi connectivity index (χ4n) is 2.27. The van der Waals surface area contributed by atoms with Gasteiger partial charge in [-0.15, -0.1) is 0 Å². The van der Waals surface area contributed by atoms with E-state index in [1.165, 1.54) is 6.42 Å². The Labute approximate surface area is 97.2 Å². The van der Waals surface area contributed by atoms with Crippen LogP contribution in [0, 0.1) is 5.92 Å². The summed E-state index contributed by atoms with van der Waals surface area (Å²) in [5, 5.41) is 3.47. The first-order valence-electron chi connectivity index (χ1n) is 6.12. The van der Waals surface area contributed by atoms with Crippen molar-refractivity contribution in [3.05, 3.63) is 30.1 Å². The summed E-state index contributed by atoms with van der Waals surface area (Å²) < 4.78 is 5.66. The minimum absolute atomic E-state index is 0.455. The van der Waals surface area contributed by atoms with E-state index in [0.29, 0.717) is 12.0 Å². The van der Waals surface area contributed by atoms with Gasteiger partial charge >= 0.3 is 0 Å². The van der Waals surface area contributed by atoms with Crippen molar-refractivity contribution in [2.24, 2.45) is 5.92 Å². The predicted octanol–water partition coefficient (Wildman–Crippen LogP) is 1.99. The van der Waals surface area contributed by atoms with Crippen molar-refractivity contribution >= 4 is 0 Å². The van der Waals surface area contributed by atoms with Crippen LogP contribution in [0.25, 0.3) is 0 Å². The molecule has 1 aromatic heterocycles. The average molecular weight is 220 g/mol. The summed E-state index contributed by atoms with van der Waals surface area (Å²) in [5.74, 6) is 0.675. The fraction of sp³-hybridized carbons (Fsp3) is 0.615. The lowest BCUT2D eigenvalue weighted by Gasteiger charge is -2.17. The molecule has 0 radical (unpaired) electrons. The molecule has 3 nitrogen and oxygen atoms in total. The molecule has 0 saturated carbocycles. The van der Waals surface area contributed by atoms with E-state index in [4.69, 9.17) is 4.74 Å². The summed E-state index contributed by atoms with van der Waals surface area (Å²) in [6.07, 6.45) is 4.60. The van der Waals surface area contributed by atoms with Gasteiger partial charge in [-0.05, 0) is 30.9 Å². The van der Waals surface area contributed by atoms with Gasteiger partial charge < -0.3 is 10.1 Å². The zero-order valence-electron chi connectivity index (χ0n) is 9.86. The standard InChI is InChI=1S/C13H20N2O/c1-2-13-11(6-8-16-13)9-14-10-12-5-3-4-7-15-12/h3-5,7,11,13-14H,2,6,8-10H2,1H3. The second-order valence-electron chi connectivity index (χ2n) is 4.32. The molecule has 0 aliphatic carbocycles. The summed E-state index contributed by atoms with van der Waals surface area (Å²) in [7, 11) is 0. The molecule has 1 aliphatic rings. The zero-order chi connectivity index (χ0) is 11.2. The number of hydrogen-bond donors (Lipinski definition) is 1. The Morgan fingerprint density at radius 2 is 2.44 bits per heavy atom. The van der Waals surface area contributed by atoms with Gasteiger partial charge in [0.15, 0.2) is 0 Å². The van der Waals surface area contributed by atoms with Crippen LogP contribution in [0.1, 0.15) is 25.5 Å². The lowest BCUT2D eigenvalue weighted by Crippen LogP contribution is -2.28. The molecule has 0 amide bonds. The van der Waals surface area contributed by atoms with Crippen molar-refractivity contribution in [1.29, 1.82) is 0 Å². The van der Waals surface area contributed by atoms with Gasteiger partial charge in [0.2, 0.25) is 0 Å². The van der Waals surface area contributed by atoms with Crippen LogP contribution in [0.5, 0.6) is 0 Å². The first-order chi connectivity index (χ1) is 7.90. The van der Waals surface area contributed by atoms with Crippen molar-refractivity contribution in [2.75, 3.05) is 13.2 Å². The summed E-state index contributed by atoms with van der Waals surface area (Å²) in [4.78, 5) is 4.29. The molecule has 2 unspecified atom stereocenters. The second kappa shape index (κ2) is 5.97. The van der Waals surface area contributed by atoms with Gasteiger partial charge in [-0.2, -0.15) is 0 Å². The van der Waals surface area contributed by atoms with Crippen molar-refractivity contribution in [3.63, 3.8) is 0 Å². The molecule has 2 atom stereocenters. The third-order valence-electron chi connectivity index (χ3n) is 3.19. The van der Waals surface area contributed by atoms with Crippen molar-refractivity contribution in [1.82, 2.24) is 10.3 Å². The summed E-state index contributed by atoms with van der Waals surface area (Å²) >= 11 is 0. The highest BCUT2D eigenvalue weighted by Gasteiger charge is 2.25. The highest BCUT2D eigenvalue weighted by atomic mass is 16.5. The molecule has 0 aromatic carbocycles. The summed E-state index contributed by atoms with van der Waals surface area (Å²) in [6.45, 7) is 5.01. The molecule has 2 heterocycles. The Bertz CT molecular complexity index is 302. The van der Waals surface area contributed by atoms with Crippen molar-refractivity contribution < 1.29 is 4.74 Å². The van der Waals surface area contributed by atoms with Gasteiger partial charge in [0, 0.05) is 25.9 Å². The van der Waals surface area contributed by atoms with E-state index in [0.717, 1.165) is 31.8 Å².